The summed E-state index contributed by atoms with van der Waals surface area (Å²) in [5, 5.41) is 0.147. The van der Waals surface area contributed by atoms with Crippen LogP contribution >= 0.6 is 11.6 Å². The third-order valence-corrected chi connectivity index (χ3v) is 9.20. The van der Waals surface area contributed by atoms with Crippen LogP contribution in [0.2, 0.25) is 5.02 Å². The maximum absolute atomic E-state index is 15.6. The number of halogens is 3. The molecule has 1 aliphatic carbocycles. The molecule has 7 nitrogen and oxygen atoms in total. The van der Waals surface area contributed by atoms with Gasteiger partial charge in [0.1, 0.15) is 22.3 Å². The second-order valence-electron chi connectivity index (χ2n) is 10.0. The molecule has 0 bridgehead atoms. The minimum Gasteiger partial charge on any atom is -0.497 e. The lowest BCUT2D eigenvalue weighted by molar-refractivity contribution is -0.0234. The molecule has 2 atom stereocenters. The largest absolute Gasteiger partial charge is 0.497 e. The normalized spacial score (nSPS) is 19.4. The number of methoxy groups -OCH3 is 2. The van der Waals surface area contributed by atoms with Crippen LogP contribution in [0.3, 0.4) is 0 Å². The molecule has 11 heteroatoms. The van der Waals surface area contributed by atoms with Gasteiger partial charge in [0.15, 0.2) is 0 Å². The molecule has 0 unspecified atom stereocenters. The first kappa shape index (κ1) is 29.2. The first-order valence-electron chi connectivity index (χ1n) is 12.4. The number of sulfonamides is 1. The van der Waals surface area contributed by atoms with E-state index in [2.05, 4.69) is 4.98 Å². The first-order valence-corrected chi connectivity index (χ1v) is 14.3. The monoisotopic (exact) mass is 579 g/mol. The van der Waals surface area contributed by atoms with Crippen LogP contribution in [-0.4, -0.2) is 58.8 Å². The summed E-state index contributed by atoms with van der Waals surface area (Å²) in [5.41, 5.74) is 0.712. The highest BCUT2D eigenvalue weighted by Gasteiger charge is 2.41. The van der Waals surface area contributed by atoms with Crippen LogP contribution in [0, 0.1) is 11.8 Å². The van der Waals surface area contributed by atoms with Gasteiger partial charge >= 0.3 is 0 Å². The van der Waals surface area contributed by atoms with Gasteiger partial charge in [0.05, 0.1) is 19.3 Å². The van der Waals surface area contributed by atoms with Crippen molar-refractivity contribution in [2.45, 2.75) is 42.2 Å². The van der Waals surface area contributed by atoms with E-state index >= 15 is 4.39 Å². The number of aromatic nitrogens is 1. The SMILES string of the molecule is COc1ccc(CN(c2cccc(F)n2)S(=O)(=O)c2cc(Cl)c([C@H]3CC[C@](CN(C)C)(OC)C3)cc2F)cc1. The average molecular weight is 580 g/mol. The average Bonchev–Trinajstić information content (AvgIpc) is 3.32. The quantitative estimate of drug-likeness (QED) is 0.290. The molecule has 1 aromatic heterocycles. The molecule has 4 rings (SSSR count). The van der Waals surface area contributed by atoms with E-state index in [0.717, 1.165) is 29.3 Å². The number of ether oxygens (including phenoxy) is 2. The Kier molecular flexibility index (Phi) is 8.80. The van der Waals surface area contributed by atoms with E-state index in [9.17, 15) is 12.8 Å². The van der Waals surface area contributed by atoms with E-state index in [4.69, 9.17) is 21.1 Å². The van der Waals surface area contributed by atoms with Crippen molar-refractivity contribution in [2.75, 3.05) is 39.2 Å². The molecule has 0 saturated heterocycles. The Morgan fingerprint density at radius 3 is 2.44 bits per heavy atom. The molecule has 1 aliphatic rings. The van der Waals surface area contributed by atoms with Crippen molar-refractivity contribution in [3.63, 3.8) is 0 Å². The molecule has 0 aliphatic heterocycles. The van der Waals surface area contributed by atoms with Gasteiger partial charge in [-0.25, -0.2) is 22.1 Å². The van der Waals surface area contributed by atoms with Gasteiger partial charge in [-0.2, -0.15) is 4.39 Å². The van der Waals surface area contributed by atoms with Gasteiger partial charge in [-0.15, -0.1) is 0 Å². The van der Waals surface area contributed by atoms with Gasteiger partial charge in [0.25, 0.3) is 10.0 Å². The summed E-state index contributed by atoms with van der Waals surface area (Å²) in [6.45, 7) is 0.485. The second kappa shape index (κ2) is 11.8. The lowest BCUT2D eigenvalue weighted by Crippen LogP contribution is -2.39. The fraction of sp³-hybridized carbons (Fsp3) is 0.393. The van der Waals surface area contributed by atoms with E-state index in [1.54, 1.807) is 31.4 Å². The van der Waals surface area contributed by atoms with Gasteiger partial charge in [0, 0.05) is 18.7 Å². The molecule has 210 valence electrons. The van der Waals surface area contributed by atoms with Crippen molar-refractivity contribution in [1.82, 2.24) is 9.88 Å². The van der Waals surface area contributed by atoms with Crippen molar-refractivity contribution in [1.29, 1.82) is 0 Å². The zero-order valence-corrected chi connectivity index (χ0v) is 23.9. The van der Waals surface area contributed by atoms with Crippen molar-refractivity contribution < 1.29 is 26.7 Å². The summed E-state index contributed by atoms with van der Waals surface area (Å²) < 4.78 is 69.3. The lowest BCUT2D eigenvalue weighted by atomic mass is 9.94. The molecular weight excluding hydrogens is 548 g/mol. The van der Waals surface area contributed by atoms with E-state index in [0.29, 0.717) is 29.8 Å². The molecule has 1 saturated carbocycles. The maximum Gasteiger partial charge on any atom is 0.268 e. The van der Waals surface area contributed by atoms with Crippen molar-refractivity contribution in [3.8, 4) is 5.75 Å². The minimum atomic E-state index is -4.54. The molecule has 0 radical (unpaired) electrons. The van der Waals surface area contributed by atoms with Crippen LogP contribution in [0.15, 0.2) is 59.5 Å². The van der Waals surface area contributed by atoms with Gasteiger partial charge in [-0.05, 0) is 86.8 Å². The third kappa shape index (κ3) is 6.35. The van der Waals surface area contributed by atoms with Crippen LogP contribution in [0.1, 0.15) is 36.3 Å². The smallest absolute Gasteiger partial charge is 0.268 e. The number of likely N-dealkylation sites (N-methyl/N-ethyl adjacent to an activating group) is 1. The zero-order chi connectivity index (χ0) is 28.4. The number of hydrogen-bond acceptors (Lipinski definition) is 6. The Bertz CT molecular complexity index is 1420. The number of anilines is 1. The van der Waals surface area contributed by atoms with E-state index < -0.39 is 32.3 Å². The third-order valence-electron chi connectivity index (χ3n) is 7.10. The van der Waals surface area contributed by atoms with E-state index in [-0.39, 0.29) is 23.3 Å². The summed E-state index contributed by atoms with van der Waals surface area (Å²) in [7, 11) is 2.57. The van der Waals surface area contributed by atoms with Crippen LogP contribution < -0.4 is 9.04 Å². The number of nitrogens with zero attached hydrogens (tertiary/aromatic N) is 3. The Morgan fingerprint density at radius 1 is 1.10 bits per heavy atom. The van der Waals surface area contributed by atoms with Crippen molar-refractivity contribution in [2.24, 2.45) is 0 Å². The first-order chi connectivity index (χ1) is 18.5. The van der Waals surface area contributed by atoms with Crippen LogP contribution in [0.4, 0.5) is 14.6 Å². The van der Waals surface area contributed by atoms with Crippen molar-refractivity contribution >= 4 is 27.4 Å². The zero-order valence-electron chi connectivity index (χ0n) is 22.3. The van der Waals surface area contributed by atoms with Crippen molar-refractivity contribution in [3.05, 3.63) is 82.5 Å². The number of pyridine rings is 1. The number of benzene rings is 2. The van der Waals surface area contributed by atoms with E-state index in [1.807, 2.05) is 19.0 Å². The Labute approximate surface area is 233 Å². The Balaban J connectivity index is 1.71. The highest BCUT2D eigenvalue weighted by molar-refractivity contribution is 7.92. The maximum atomic E-state index is 15.6. The summed E-state index contributed by atoms with van der Waals surface area (Å²) in [6, 6.07) is 12.8. The lowest BCUT2D eigenvalue weighted by Gasteiger charge is -2.31. The fourth-order valence-corrected chi connectivity index (χ4v) is 7.08. The Morgan fingerprint density at radius 2 is 1.82 bits per heavy atom. The molecule has 1 heterocycles. The molecule has 0 amide bonds. The number of hydrogen-bond donors (Lipinski definition) is 0. The second-order valence-corrected chi connectivity index (χ2v) is 12.3. The van der Waals surface area contributed by atoms with E-state index in [1.165, 1.54) is 25.3 Å². The molecular formula is C28H32ClF2N3O4S. The summed E-state index contributed by atoms with van der Waals surface area (Å²) in [6.07, 6.45) is 2.12. The topological polar surface area (TPSA) is 72.0 Å². The van der Waals surface area contributed by atoms with Gasteiger partial charge in [0.2, 0.25) is 5.95 Å². The summed E-state index contributed by atoms with van der Waals surface area (Å²) in [5.74, 6) is -1.50. The summed E-state index contributed by atoms with van der Waals surface area (Å²) >= 11 is 6.61. The van der Waals surface area contributed by atoms with Gasteiger partial charge in [-0.3, -0.25) is 0 Å². The van der Waals surface area contributed by atoms with Crippen LogP contribution in [0.5, 0.6) is 5.75 Å². The standard InChI is InChI=1S/C28H32ClF2N3O4S/c1-33(2)18-28(38-4)13-12-20(16-28)22-14-24(30)25(15-23(22)29)39(35,36)34(27-7-5-6-26(31)32-27)17-19-8-10-21(37-3)11-9-19/h5-11,14-15,20H,12-13,16-18H2,1-4H3/t20-,28-/m0/s1. The van der Waals surface area contributed by atoms with Gasteiger partial charge in [-0.1, -0.05) is 29.8 Å². The number of rotatable bonds is 10. The molecule has 1 fully saturated rings. The predicted octanol–water partition coefficient (Wildman–Crippen LogP) is 5.63. The molecule has 2 aromatic carbocycles. The molecule has 3 aromatic rings. The van der Waals surface area contributed by atoms with Gasteiger partial charge < -0.3 is 14.4 Å². The molecule has 0 spiro atoms. The van der Waals surface area contributed by atoms with Crippen LogP contribution in [-0.2, 0) is 21.3 Å². The predicted molar refractivity (Wildman–Crippen MR) is 147 cm³/mol. The fourth-order valence-electron chi connectivity index (χ4n) is 5.22. The molecule has 39 heavy (non-hydrogen) atoms. The molecule has 0 N–H and O–H groups in total. The highest BCUT2D eigenvalue weighted by Crippen LogP contribution is 2.46. The summed E-state index contributed by atoms with van der Waals surface area (Å²) in [4.78, 5) is 5.19. The minimum absolute atomic E-state index is 0.0936. The van der Waals surface area contributed by atoms with Crippen LogP contribution in [0.25, 0.3) is 0 Å². The Hall–Kier alpha value is -2.79. The highest BCUT2D eigenvalue weighted by atomic mass is 35.5.